The molecule has 5 aliphatic rings. The Hall–Kier alpha value is -3.00. The zero-order valence-corrected chi connectivity index (χ0v) is 35.4. The highest BCUT2D eigenvalue weighted by atomic mass is 16.5. The van der Waals surface area contributed by atoms with Crippen molar-refractivity contribution >= 4 is 23.6 Å². The number of esters is 1. The molecule has 6 rings (SSSR count). The average Bonchev–Trinajstić information content (AvgIpc) is 3.42. The van der Waals surface area contributed by atoms with Crippen LogP contribution in [0, 0.1) is 56.2 Å². The van der Waals surface area contributed by atoms with E-state index in [0.29, 0.717) is 31.2 Å². The number of amides is 1. The Morgan fingerprint density at radius 3 is 2.20 bits per heavy atom. The quantitative estimate of drug-likeness (QED) is 0.216. The van der Waals surface area contributed by atoms with Gasteiger partial charge in [0.15, 0.2) is 5.78 Å². The highest BCUT2D eigenvalue weighted by Gasteiger charge is 2.71. The van der Waals surface area contributed by atoms with Crippen LogP contribution in [0.15, 0.2) is 41.5 Å². The topological polar surface area (TPSA) is 121 Å². The van der Waals surface area contributed by atoms with E-state index in [1.807, 2.05) is 37.3 Å². The summed E-state index contributed by atoms with van der Waals surface area (Å²) in [6.45, 7) is 22.0. The molecule has 55 heavy (non-hydrogen) atoms. The maximum atomic E-state index is 14.2. The molecule has 5 aliphatic carbocycles. The number of carboxylic acids is 1. The van der Waals surface area contributed by atoms with Gasteiger partial charge in [0.05, 0.1) is 17.9 Å². The number of hydrogen-bond acceptors (Lipinski definition) is 6. The van der Waals surface area contributed by atoms with Gasteiger partial charge in [0.1, 0.15) is 6.10 Å². The Balaban J connectivity index is 1.30. The summed E-state index contributed by atoms with van der Waals surface area (Å²) in [6.07, 6.45) is 6.86. The van der Waals surface area contributed by atoms with Crippen LogP contribution >= 0.6 is 0 Å². The number of carbonyl (C=O) groups excluding carboxylic acids is 3. The lowest BCUT2D eigenvalue weighted by atomic mass is 9.33. The van der Waals surface area contributed by atoms with Gasteiger partial charge in [0, 0.05) is 36.8 Å². The summed E-state index contributed by atoms with van der Waals surface area (Å²) in [4.78, 5) is 54.3. The second-order valence-corrected chi connectivity index (χ2v) is 20.7. The number of ether oxygens (including phenoxy) is 1. The third-order valence-corrected chi connectivity index (χ3v) is 16.8. The molecular weight excluding hydrogens is 691 g/mol. The monoisotopic (exact) mass is 760 g/mol. The van der Waals surface area contributed by atoms with Crippen LogP contribution in [-0.4, -0.2) is 57.5 Å². The first-order valence-corrected chi connectivity index (χ1v) is 21.3. The molecular formula is C47H69NO7. The minimum absolute atomic E-state index is 0.00162. The summed E-state index contributed by atoms with van der Waals surface area (Å²) >= 11 is 0. The normalized spacial score (nSPS) is 36.0. The number of carboxylic acid groups (broad SMARTS) is 1. The number of aliphatic carboxylic acids is 1. The van der Waals surface area contributed by atoms with Gasteiger partial charge in [-0.3, -0.25) is 19.2 Å². The molecule has 0 unspecified atom stereocenters. The molecule has 8 nitrogen and oxygen atoms in total. The molecule has 1 aromatic rings. The number of hydrogen-bond donors (Lipinski definition) is 2. The van der Waals surface area contributed by atoms with E-state index >= 15 is 0 Å². The highest BCUT2D eigenvalue weighted by Crippen LogP contribution is 2.77. The molecule has 0 bridgehead atoms. The molecule has 1 aromatic carbocycles. The Labute approximate surface area is 330 Å². The van der Waals surface area contributed by atoms with Crippen molar-refractivity contribution in [3.05, 3.63) is 47.0 Å². The predicted molar refractivity (Wildman–Crippen MR) is 213 cm³/mol. The second kappa shape index (κ2) is 14.4. The lowest BCUT2D eigenvalue weighted by Crippen LogP contribution is -2.66. The van der Waals surface area contributed by atoms with Gasteiger partial charge < -0.3 is 19.8 Å². The number of carbonyl (C=O) groups is 4. The largest absolute Gasteiger partial charge is 0.481 e. The van der Waals surface area contributed by atoms with Gasteiger partial charge in [-0.05, 0) is 116 Å². The van der Waals surface area contributed by atoms with Crippen LogP contribution in [0.25, 0.3) is 0 Å². The second-order valence-electron chi connectivity index (χ2n) is 20.7. The number of nitrogens with zero attached hydrogens (tertiary/aromatic N) is 1. The third-order valence-electron chi connectivity index (χ3n) is 16.8. The lowest BCUT2D eigenvalue weighted by molar-refractivity contribution is -0.235. The molecule has 0 aromatic heterocycles. The molecule has 4 fully saturated rings. The van der Waals surface area contributed by atoms with Gasteiger partial charge in [-0.15, -0.1) is 0 Å². The van der Waals surface area contributed by atoms with Crippen molar-refractivity contribution < 1.29 is 34.1 Å². The lowest BCUT2D eigenvalue weighted by Gasteiger charge is -2.72. The maximum Gasteiger partial charge on any atom is 0.309 e. The van der Waals surface area contributed by atoms with E-state index in [1.165, 1.54) is 5.57 Å². The van der Waals surface area contributed by atoms with Crippen molar-refractivity contribution in [1.29, 1.82) is 0 Å². The molecule has 0 heterocycles. The Kier molecular flexibility index (Phi) is 10.9. The fourth-order valence-corrected chi connectivity index (χ4v) is 13.6. The smallest absolute Gasteiger partial charge is 0.309 e. The molecule has 0 aliphatic heterocycles. The number of rotatable bonds is 11. The van der Waals surface area contributed by atoms with Crippen molar-refractivity contribution in [2.24, 2.45) is 56.2 Å². The minimum atomic E-state index is -1.18. The van der Waals surface area contributed by atoms with Gasteiger partial charge in [-0.2, -0.15) is 0 Å². The summed E-state index contributed by atoms with van der Waals surface area (Å²) < 4.78 is 6.17. The molecule has 0 spiro atoms. The predicted octanol–water partition coefficient (Wildman–Crippen LogP) is 9.18. The van der Waals surface area contributed by atoms with Crippen LogP contribution in [-0.2, 0) is 30.5 Å². The van der Waals surface area contributed by atoms with Crippen molar-refractivity contribution in [3.63, 3.8) is 0 Å². The molecule has 9 atom stereocenters. The van der Waals surface area contributed by atoms with Crippen molar-refractivity contribution in [2.45, 2.75) is 159 Å². The number of ketones is 1. The minimum Gasteiger partial charge on any atom is -0.481 e. The fourth-order valence-electron chi connectivity index (χ4n) is 13.6. The molecule has 0 saturated heterocycles. The summed E-state index contributed by atoms with van der Waals surface area (Å²) in [5, 5.41) is 22.1. The van der Waals surface area contributed by atoms with E-state index in [-0.39, 0.29) is 64.3 Å². The van der Waals surface area contributed by atoms with Gasteiger partial charge in [-0.25, -0.2) is 0 Å². The van der Waals surface area contributed by atoms with Gasteiger partial charge in [-0.1, -0.05) is 91.3 Å². The van der Waals surface area contributed by atoms with E-state index in [1.54, 1.807) is 18.7 Å². The van der Waals surface area contributed by atoms with Crippen LogP contribution in [0.3, 0.4) is 0 Å². The SMILES string of the molecule is CCC(=O)N(Cc1ccccc1)C[C@H](O)[C@@]12CC[C@]3(C)[C@H](CC[C@@H]4[C@@]5(C)CC[C@H](OC(=O)CC(C)(C)C(=O)O)C(C)(C)[C@H]5CC[C@]43C)C1=C(C(C)C)C(=O)C2. The first kappa shape index (κ1) is 41.6. The van der Waals surface area contributed by atoms with Crippen molar-refractivity contribution in [1.82, 2.24) is 4.90 Å². The molecule has 4 saturated carbocycles. The van der Waals surface area contributed by atoms with Gasteiger partial charge in [0.2, 0.25) is 5.91 Å². The molecule has 2 N–H and O–H groups in total. The van der Waals surface area contributed by atoms with Crippen molar-refractivity contribution in [3.8, 4) is 0 Å². The molecule has 304 valence electrons. The zero-order chi connectivity index (χ0) is 40.5. The number of aliphatic hydroxyl groups is 1. The summed E-state index contributed by atoms with van der Waals surface area (Å²) in [7, 11) is 0. The van der Waals surface area contributed by atoms with Crippen LogP contribution in [0.2, 0.25) is 0 Å². The van der Waals surface area contributed by atoms with Crippen LogP contribution in [0.4, 0.5) is 0 Å². The number of aliphatic hydroxyl groups excluding tert-OH is 1. The molecule has 1 amide bonds. The summed E-state index contributed by atoms with van der Waals surface area (Å²) in [6, 6.07) is 9.96. The van der Waals surface area contributed by atoms with Crippen LogP contribution in [0.1, 0.15) is 145 Å². The van der Waals surface area contributed by atoms with Gasteiger partial charge in [0.25, 0.3) is 0 Å². The number of Topliss-reactive ketones (excluding diaryl/α,β-unsaturated/α-hetero) is 1. The maximum absolute atomic E-state index is 14.2. The molecule has 0 radical (unpaired) electrons. The Bertz CT molecular complexity index is 1710. The third kappa shape index (κ3) is 6.62. The number of benzene rings is 1. The van der Waals surface area contributed by atoms with E-state index in [4.69, 9.17) is 4.74 Å². The van der Waals surface area contributed by atoms with Crippen molar-refractivity contribution in [2.75, 3.05) is 6.54 Å². The van der Waals surface area contributed by atoms with E-state index in [0.717, 1.165) is 62.5 Å². The number of allylic oxidation sites excluding steroid dienone is 1. The Morgan fingerprint density at radius 1 is 0.909 bits per heavy atom. The van der Waals surface area contributed by atoms with E-state index in [2.05, 4.69) is 48.5 Å². The number of fused-ring (bicyclic) bond motifs is 7. The summed E-state index contributed by atoms with van der Waals surface area (Å²) in [5.74, 6) is -0.237. The highest BCUT2D eigenvalue weighted by molar-refractivity contribution is 6.00. The van der Waals surface area contributed by atoms with Crippen LogP contribution in [0.5, 0.6) is 0 Å². The first-order chi connectivity index (χ1) is 25.6. The summed E-state index contributed by atoms with van der Waals surface area (Å²) in [5.41, 5.74) is 1.00. The zero-order valence-electron chi connectivity index (χ0n) is 35.4. The average molecular weight is 760 g/mol. The Morgan fingerprint density at radius 2 is 1.58 bits per heavy atom. The standard InChI is InChI=1S/C47H69NO7/c1-11-37(51)48(27-30-15-13-12-14-16-30)28-35(50)47-24-23-45(9)31(40(47)39(29(2)3)32(49)25-47)17-18-34-44(8)21-20-36(55-38(52)26-42(4,5)41(53)54)43(6,7)33(44)19-22-46(34,45)10/h12-16,29,31,33-36,50H,11,17-28H2,1-10H3,(H,53,54)/t31-,33-,34-,35+,36+,44+,45-,46-,47+/m1/s1. The van der Waals surface area contributed by atoms with Gasteiger partial charge >= 0.3 is 11.9 Å². The first-order valence-electron chi connectivity index (χ1n) is 21.3. The van der Waals surface area contributed by atoms with Crippen LogP contribution < -0.4 is 0 Å². The van der Waals surface area contributed by atoms with E-state index in [9.17, 15) is 29.4 Å². The molecule has 8 heteroatoms. The fraction of sp³-hybridized carbons (Fsp3) is 0.745. The van der Waals surface area contributed by atoms with E-state index < -0.39 is 28.9 Å².